The molecule has 1 saturated heterocycles. The summed E-state index contributed by atoms with van der Waals surface area (Å²) in [6, 6.07) is 5.28. The minimum Gasteiger partial charge on any atom is -0.481 e. The highest BCUT2D eigenvalue weighted by Gasteiger charge is 2.46. The number of carboxylic acids is 1. The SMILES string of the molecule is O=C(O)[C@H]1CN(C(=O)CCn2nc3ccccn3c2=O)C[C@@H]1C1CC1. The molecule has 1 amide bonds. The lowest BCUT2D eigenvalue weighted by atomic mass is 9.92. The predicted octanol–water partition coefficient (Wildman–Crippen LogP) is 0.455. The molecule has 3 heterocycles. The molecule has 1 aliphatic carbocycles. The van der Waals surface area contributed by atoms with Gasteiger partial charge in [0.05, 0.1) is 12.5 Å². The lowest BCUT2D eigenvalue weighted by Crippen LogP contribution is -2.32. The smallest absolute Gasteiger partial charge is 0.350 e. The molecule has 2 fully saturated rings. The number of aliphatic carboxylic acids is 1. The fourth-order valence-corrected chi connectivity index (χ4v) is 3.77. The number of hydrogen-bond acceptors (Lipinski definition) is 4. The summed E-state index contributed by atoms with van der Waals surface area (Å²) in [7, 11) is 0. The van der Waals surface area contributed by atoms with Crippen LogP contribution in [0.15, 0.2) is 29.2 Å². The highest BCUT2D eigenvalue weighted by Crippen LogP contribution is 2.44. The van der Waals surface area contributed by atoms with Crippen LogP contribution in [0.2, 0.25) is 0 Å². The minimum atomic E-state index is -0.816. The first-order valence-electron chi connectivity index (χ1n) is 8.59. The second-order valence-electron chi connectivity index (χ2n) is 6.93. The normalized spacial score (nSPS) is 23.3. The monoisotopic (exact) mass is 344 g/mol. The van der Waals surface area contributed by atoms with Gasteiger partial charge in [-0.2, -0.15) is 0 Å². The summed E-state index contributed by atoms with van der Waals surface area (Å²) >= 11 is 0. The van der Waals surface area contributed by atoms with Crippen LogP contribution in [0, 0.1) is 17.8 Å². The maximum atomic E-state index is 12.5. The van der Waals surface area contributed by atoms with Gasteiger partial charge >= 0.3 is 11.7 Å². The molecular weight excluding hydrogens is 324 g/mol. The van der Waals surface area contributed by atoms with Crippen LogP contribution >= 0.6 is 0 Å². The maximum Gasteiger partial charge on any atom is 0.350 e. The lowest BCUT2D eigenvalue weighted by molar-refractivity contribution is -0.142. The number of fused-ring (bicyclic) bond motifs is 1. The van der Waals surface area contributed by atoms with Crippen molar-refractivity contribution < 1.29 is 14.7 Å². The summed E-state index contributed by atoms with van der Waals surface area (Å²) in [5, 5.41) is 13.6. The Morgan fingerprint density at radius 3 is 2.72 bits per heavy atom. The Labute approximate surface area is 143 Å². The van der Waals surface area contributed by atoms with E-state index < -0.39 is 11.9 Å². The van der Waals surface area contributed by atoms with Crippen molar-refractivity contribution in [1.82, 2.24) is 19.1 Å². The number of carbonyl (C=O) groups is 2. The molecule has 4 rings (SSSR count). The number of rotatable bonds is 5. The van der Waals surface area contributed by atoms with Gasteiger partial charge in [-0.05, 0) is 36.8 Å². The highest BCUT2D eigenvalue weighted by molar-refractivity contribution is 5.79. The van der Waals surface area contributed by atoms with Gasteiger partial charge in [-0.1, -0.05) is 6.07 Å². The molecule has 0 aromatic carbocycles. The Kier molecular flexibility index (Phi) is 3.82. The van der Waals surface area contributed by atoms with E-state index in [1.165, 1.54) is 9.08 Å². The van der Waals surface area contributed by atoms with E-state index >= 15 is 0 Å². The molecule has 132 valence electrons. The number of amides is 1. The van der Waals surface area contributed by atoms with Crippen LogP contribution in [0.4, 0.5) is 0 Å². The molecular formula is C17H20N4O4. The molecule has 1 N–H and O–H groups in total. The van der Waals surface area contributed by atoms with Gasteiger partial charge in [-0.15, -0.1) is 5.10 Å². The third-order valence-electron chi connectivity index (χ3n) is 5.29. The first-order chi connectivity index (χ1) is 12.0. The van der Waals surface area contributed by atoms with Gasteiger partial charge < -0.3 is 10.0 Å². The second-order valence-corrected chi connectivity index (χ2v) is 6.93. The number of hydrogen-bond donors (Lipinski definition) is 1. The van der Waals surface area contributed by atoms with Crippen LogP contribution in [0.5, 0.6) is 0 Å². The van der Waals surface area contributed by atoms with Crippen molar-refractivity contribution >= 4 is 17.5 Å². The van der Waals surface area contributed by atoms with Crippen molar-refractivity contribution in [2.45, 2.75) is 25.8 Å². The van der Waals surface area contributed by atoms with Gasteiger partial charge in [-0.25, -0.2) is 9.48 Å². The van der Waals surface area contributed by atoms with E-state index in [1.54, 1.807) is 29.3 Å². The Hall–Kier alpha value is -2.64. The average Bonchev–Trinajstić information content (AvgIpc) is 3.26. The molecule has 1 saturated carbocycles. The third-order valence-corrected chi connectivity index (χ3v) is 5.29. The standard InChI is InChI=1S/C17H20N4O4/c22-15(19-9-12(11-4-5-11)13(10-19)16(23)24)6-8-21-17(25)20-7-2-1-3-14(20)18-21/h1-3,7,11-13H,4-6,8-10H2,(H,23,24)/t12-,13+/m1/s1. The van der Waals surface area contributed by atoms with E-state index in [0.717, 1.165) is 12.8 Å². The van der Waals surface area contributed by atoms with Gasteiger partial charge in [-0.3, -0.25) is 14.0 Å². The molecule has 2 aliphatic rings. The van der Waals surface area contributed by atoms with Crippen molar-refractivity contribution in [3.63, 3.8) is 0 Å². The van der Waals surface area contributed by atoms with Crippen LogP contribution in [-0.2, 0) is 16.1 Å². The lowest BCUT2D eigenvalue weighted by Gasteiger charge is -2.16. The van der Waals surface area contributed by atoms with Crippen molar-refractivity contribution in [1.29, 1.82) is 0 Å². The fraction of sp³-hybridized carbons (Fsp3) is 0.529. The quantitative estimate of drug-likeness (QED) is 0.850. The van der Waals surface area contributed by atoms with E-state index in [-0.39, 0.29) is 37.0 Å². The molecule has 8 nitrogen and oxygen atoms in total. The number of aromatic nitrogens is 3. The minimum absolute atomic E-state index is 0.0689. The van der Waals surface area contributed by atoms with Gasteiger partial charge in [0.15, 0.2) is 5.65 Å². The summed E-state index contributed by atoms with van der Waals surface area (Å²) < 4.78 is 2.72. The second kappa shape index (κ2) is 6.02. The summed E-state index contributed by atoms with van der Waals surface area (Å²) in [5.41, 5.74) is 0.268. The molecule has 8 heteroatoms. The molecule has 2 atom stereocenters. The molecule has 2 aromatic heterocycles. The first kappa shape index (κ1) is 15.9. The third kappa shape index (κ3) is 2.92. The van der Waals surface area contributed by atoms with Gasteiger partial charge in [0, 0.05) is 25.7 Å². The fourth-order valence-electron chi connectivity index (χ4n) is 3.77. The Balaban J connectivity index is 1.42. The number of carbonyl (C=O) groups excluding carboxylic acids is 1. The predicted molar refractivity (Wildman–Crippen MR) is 88.0 cm³/mol. The van der Waals surface area contributed by atoms with Crippen LogP contribution < -0.4 is 5.69 Å². The largest absolute Gasteiger partial charge is 0.481 e. The van der Waals surface area contributed by atoms with Gasteiger partial charge in [0.1, 0.15) is 0 Å². The highest BCUT2D eigenvalue weighted by atomic mass is 16.4. The molecule has 0 spiro atoms. The van der Waals surface area contributed by atoms with E-state index in [4.69, 9.17) is 0 Å². The van der Waals surface area contributed by atoms with E-state index in [9.17, 15) is 19.5 Å². The summed E-state index contributed by atoms with van der Waals surface area (Å²) in [6.45, 7) is 0.984. The van der Waals surface area contributed by atoms with Crippen LogP contribution in [0.1, 0.15) is 19.3 Å². The Morgan fingerprint density at radius 2 is 2.04 bits per heavy atom. The molecule has 0 bridgehead atoms. The number of pyridine rings is 1. The topological polar surface area (TPSA) is 96.9 Å². The number of carboxylic acid groups (broad SMARTS) is 1. The number of aryl methyl sites for hydroxylation is 1. The molecule has 0 unspecified atom stereocenters. The van der Waals surface area contributed by atoms with E-state index in [1.807, 2.05) is 0 Å². The van der Waals surface area contributed by atoms with E-state index in [2.05, 4.69) is 5.10 Å². The number of likely N-dealkylation sites (tertiary alicyclic amines) is 1. The van der Waals surface area contributed by atoms with E-state index in [0.29, 0.717) is 18.1 Å². The maximum absolute atomic E-state index is 12.5. The molecule has 1 aliphatic heterocycles. The van der Waals surface area contributed by atoms with Crippen molar-refractivity contribution in [3.05, 3.63) is 34.9 Å². The molecule has 2 aromatic rings. The Morgan fingerprint density at radius 1 is 1.24 bits per heavy atom. The van der Waals surface area contributed by atoms with Crippen molar-refractivity contribution in [2.24, 2.45) is 17.8 Å². The van der Waals surface area contributed by atoms with Crippen LogP contribution in [-0.4, -0.2) is 49.2 Å². The van der Waals surface area contributed by atoms with Crippen LogP contribution in [0.3, 0.4) is 0 Å². The Bertz CT molecular complexity index is 882. The zero-order valence-corrected chi connectivity index (χ0v) is 13.7. The molecule has 0 radical (unpaired) electrons. The van der Waals surface area contributed by atoms with Gasteiger partial charge in [0.2, 0.25) is 5.91 Å². The average molecular weight is 344 g/mol. The molecule has 25 heavy (non-hydrogen) atoms. The zero-order valence-electron chi connectivity index (χ0n) is 13.7. The van der Waals surface area contributed by atoms with Crippen molar-refractivity contribution in [3.8, 4) is 0 Å². The van der Waals surface area contributed by atoms with Crippen molar-refractivity contribution in [2.75, 3.05) is 13.1 Å². The number of nitrogens with zero attached hydrogens (tertiary/aromatic N) is 4. The first-order valence-corrected chi connectivity index (χ1v) is 8.59. The summed E-state index contributed by atoms with van der Waals surface area (Å²) in [5.74, 6) is -0.879. The van der Waals surface area contributed by atoms with Crippen LogP contribution in [0.25, 0.3) is 5.65 Å². The zero-order chi connectivity index (χ0) is 17.6. The summed E-state index contributed by atoms with van der Waals surface area (Å²) in [4.78, 5) is 37.8. The van der Waals surface area contributed by atoms with Gasteiger partial charge in [0.25, 0.3) is 0 Å². The summed E-state index contributed by atoms with van der Waals surface area (Å²) in [6.07, 6.45) is 3.91.